The summed E-state index contributed by atoms with van der Waals surface area (Å²) in [6.45, 7) is 11.9. The smallest absolute Gasteiger partial charge is 0.410 e. The molecule has 1 aliphatic rings. The Morgan fingerprint density at radius 3 is 2.48 bits per heavy atom. The van der Waals surface area contributed by atoms with Crippen molar-refractivity contribution in [3.63, 3.8) is 0 Å². The fraction of sp³-hybridized carbons (Fsp3) is 0.429. The van der Waals surface area contributed by atoms with Crippen molar-refractivity contribution in [1.29, 1.82) is 0 Å². The Hall–Kier alpha value is -3.40. The molecule has 1 aliphatic heterocycles. The third kappa shape index (κ3) is 6.80. The van der Waals surface area contributed by atoms with Gasteiger partial charge in [-0.15, -0.1) is 0 Å². The van der Waals surface area contributed by atoms with Crippen molar-refractivity contribution in [2.75, 3.05) is 44.8 Å². The van der Waals surface area contributed by atoms with Gasteiger partial charge >= 0.3 is 6.09 Å². The average Bonchev–Trinajstić information content (AvgIpc) is 3.34. The van der Waals surface area contributed by atoms with Crippen LogP contribution in [0, 0.1) is 5.41 Å². The maximum atomic E-state index is 12.8. The molecule has 1 amide bonds. The lowest BCUT2D eigenvalue weighted by Crippen LogP contribution is -2.49. The van der Waals surface area contributed by atoms with E-state index >= 15 is 0 Å². The second-order valence-electron chi connectivity index (χ2n) is 12.3. The number of hydrogen-bond donors (Lipinski definition) is 1. The molecular formula is C35H43BrN4O4. The molecule has 0 spiro atoms. The number of piperazine rings is 1. The van der Waals surface area contributed by atoms with Crippen molar-refractivity contribution in [3.8, 4) is 11.3 Å². The van der Waals surface area contributed by atoms with Crippen LogP contribution in [0.3, 0.4) is 0 Å². The number of nitrogens with zero attached hydrogens (tertiary/aromatic N) is 4. The number of anilines is 1. The van der Waals surface area contributed by atoms with Crippen molar-refractivity contribution >= 4 is 38.6 Å². The van der Waals surface area contributed by atoms with Gasteiger partial charge in [0, 0.05) is 72.8 Å². The van der Waals surface area contributed by atoms with E-state index in [2.05, 4.69) is 70.4 Å². The largest absolute Gasteiger partial charge is 0.445 e. The topological polar surface area (TPSA) is 80.1 Å². The summed E-state index contributed by atoms with van der Waals surface area (Å²) in [6.07, 6.45) is 2.26. The predicted molar refractivity (Wildman–Crippen MR) is 179 cm³/mol. The number of aliphatic hydroxyl groups excluding tert-OH is 1. The van der Waals surface area contributed by atoms with E-state index in [4.69, 9.17) is 14.5 Å². The molecule has 8 nitrogen and oxygen atoms in total. The molecule has 1 N–H and O–H groups in total. The molecule has 1 fully saturated rings. The summed E-state index contributed by atoms with van der Waals surface area (Å²) in [4.78, 5) is 21.9. The minimum absolute atomic E-state index is 0.0687. The molecule has 2 aromatic carbocycles. The van der Waals surface area contributed by atoms with E-state index < -0.39 is 0 Å². The summed E-state index contributed by atoms with van der Waals surface area (Å²) in [5.41, 5.74) is 7.02. The fourth-order valence-corrected chi connectivity index (χ4v) is 6.27. The third-order valence-electron chi connectivity index (χ3n) is 8.51. The van der Waals surface area contributed by atoms with E-state index in [1.165, 1.54) is 10.9 Å². The molecule has 0 unspecified atom stereocenters. The molecule has 234 valence electrons. The molecule has 5 rings (SSSR count). The summed E-state index contributed by atoms with van der Waals surface area (Å²) >= 11 is 3.69. The molecule has 0 bridgehead atoms. The van der Waals surface area contributed by atoms with Crippen LogP contribution in [0.2, 0.25) is 0 Å². The Morgan fingerprint density at radius 1 is 1.09 bits per heavy atom. The van der Waals surface area contributed by atoms with Crippen molar-refractivity contribution in [2.45, 2.75) is 53.4 Å². The molecule has 0 saturated carbocycles. The van der Waals surface area contributed by atoms with Gasteiger partial charge in [-0.1, -0.05) is 73.1 Å². The van der Waals surface area contributed by atoms with Gasteiger partial charge in [0.05, 0.1) is 29.4 Å². The van der Waals surface area contributed by atoms with Crippen molar-refractivity contribution in [2.24, 2.45) is 5.41 Å². The highest BCUT2D eigenvalue weighted by molar-refractivity contribution is 9.10. The normalized spacial score (nSPS) is 14.7. The first-order valence-corrected chi connectivity index (χ1v) is 16.1. The number of benzene rings is 2. The maximum absolute atomic E-state index is 12.8. The molecule has 2 aromatic heterocycles. The Balaban J connectivity index is 1.49. The number of methoxy groups -OCH3 is 1. The van der Waals surface area contributed by atoms with Gasteiger partial charge in [0.2, 0.25) is 0 Å². The Bertz CT molecular complexity index is 1600. The summed E-state index contributed by atoms with van der Waals surface area (Å²) < 4.78 is 14.8. The minimum Gasteiger partial charge on any atom is -0.445 e. The minimum atomic E-state index is -0.336. The first-order chi connectivity index (χ1) is 21.2. The van der Waals surface area contributed by atoms with Gasteiger partial charge < -0.3 is 28.9 Å². The first kappa shape index (κ1) is 32.0. The van der Waals surface area contributed by atoms with Gasteiger partial charge in [-0.3, -0.25) is 4.98 Å². The summed E-state index contributed by atoms with van der Waals surface area (Å²) in [5.74, 6) is 0. The zero-order valence-corrected chi connectivity index (χ0v) is 27.9. The number of amides is 1. The van der Waals surface area contributed by atoms with Crippen LogP contribution < -0.4 is 4.90 Å². The van der Waals surface area contributed by atoms with Crippen LogP contribution in [-0.4, -0.2) is 65.5 Å². The Labute approximate surface area is 268 Å². The van der Waals surface area contributed by atoms with Gasteiger partial charge in [-0.2, -0.15) is 0 Å². The number of hydrogen-bond acceptors (Lipinski definition) is 6. The van der Waals surface area contributed by atoms with Crippen molar-refractivity contribution < 1.29 is 19.4 Å². The van der Waals surface area contributed by atoms with Crippen LogP contribution in [-0.2, 0) is 29.0 Å². The van der Waals surface area contributed by atoms with Gasteiger partial charge in [-0.05, 0) is 42.7 Å². The monoisotopic (exact) mass is 662 g/mol. The lowest BCUT2D eigenvalue weighted by Gasteiger charge is -2.35. The number of ether oxygens (including phenoxy) is 2. The summed E-state index contributed by atoms with van der Waals surface area (Å²) in [7, 11) is 1.71. The molecular weight excluding hydrogens is 620 g/mol. The molecule has 1 saturated heterocycles. The zero-order chi connectivity index (χ0) is 31.4. The van der Waals surface area contributed by atoms with Gasteiger partial charge in [-0.25, -0.2) is 4.79 Å². The van der Waals surface area contributed by atoms with Gasteiger partial charge in [0.1, 0.15) is 6.61 Å². The number of aromatic nitrogens is 2. The Kier molecular flexibility index (Phi) is 9.97. The average molecular weight is 664 g/mol. The van der Waals surface area contributed by atoms with Gasteiger partial charge in [0.25, 0.3) is 0 Å². The summed E-state index contributed by atoms with van der Waals surface area (Å²) in [6, 6.07) is 18.4. The van der Waals surface area contributed by atoms with E-state index in [1.807, 2.05) is 43.5 Å². The molecule has 0 radical (unpaired) electrons. The molecule has 0 aliphatic carbocycles. The number of aryl methyl sites for hydroxylation is 1. The van der Waals surface area contributed by atoms with Crippen molar-refractivity contribution in [3.05, 3.63) is 82.1 Å². The second kappa shape index (κ2) is 13.7. The number of halogens is 1. The molecule has 44 heavy (non-hydrogen) atoms. The van der Waals surface area contributed by atoms with Crippen LogP contribution >= 0.6 is 15.9 Å². The van der Waals surface area contributed by atoms with Crippen LogP contribution in [0.5, 0.6) is 0 Å². The lowest BCUT2D eigenvalue weighted by atomic mass is 9.94. The molecule has 4 aromatic rings. The highest BCUT2D eigenvalue weighted by Crippen LogP contribution is 2.41. The lowest BCUT2D eigenvalue weighted by molar-refractivity contribution is 0.0941. The highest BCUT2D eigenvalue weighted by atomic mass is 79.9. The fourth-order valence-electron chi connectivity index (χ4n) is 5.92. The second-order valence-corrected chi connectivity index (χ2v) is 13.2. The van der Waals surface area contributed by atoms with Gasteiger partial charge in [0.15, 0.2) is 0 Å². The highest BCUT2D eigenvalue weighted by Gasteiger charge is 2.29. The standard InChI is InChI=1S/C35H43BrN4O4/c1-6-28-29-13-12-26(36)18-31(29)40(22-35(3,4)23-41)33(28)30-19-27(20-37-32(30)24(2)43-5)38-14-16-39(17-15-38)34(42)44-21-25-10-8-7-9-11-25/h7-13,18-20,24,41H,6,14-17,21-23H2,1-5H3/t24-/m0/s1. The SMILES string of the molecule is CCc1c(-c2cc(N3CCN(C(=O)OCc4ccccc4)CC3)cnc2[C@H](C)OC)n(CC(C)(C)CO)c2cc(Br)ccc12. The van der Waals surface area contributed by atoms with E-state index in [0.29, 0.717) is 32.7 Å². The van der Waals surface area contributed by atoms with E-state index in [0.717, 1.165) is 44.6 Å². The molecule has 9 heteroatoms. The number of carbonyl (C=O) groups excluding carboxylic acids is 1. The van der Waals surface area contributed by atoms with Crippen molar-refractivity contribution in [1.82, 2.24) is 14.5 Å². The first-order valence-electron chi connectivity index (χ1n) is 15.3. The van der Waals surface area contributed by atoms with E-state index in [9.17, 15) is 9.90 Å². The summed E-state index contributed by atoms with van der Waals surface area (Å²) in [5, 5.41) is 11.5. The van der Waals surface area contributed by atoms with Crippen LogP contribution in [0.25, 0.3) is 22.2 Å². The number of rotatable bonds is 10. The van der Waals surface area contributed by atoms with Crippen LogP contribution in [0.4, 0.5) is 10.5 Å². The van der Waals surface area contributed by atoms with E-state index in [1.54, 1.807) is 12.0 Å². The maximum Gasteiger partial charge on any atom is 0.410 e. The number of carbonyl (C=O) groups is 1. The Morgan fingerprint density at radius 2 is 1.82 bits per heavy atom. The number of pyridine rings is 1. The molecule has 1 atom stereocenters. The number of aliphatic hydroxyl groups is 1. The number of fused-ring (bicyclic) bond motifs is 1. The van der Waals surface area contributed by atoms with E-state index in [-0.39, 0.29) is 30.8 Å². The molecule has 3 heterocycles. The zero-order valence-electron chi connectivity index (χ0n) is 26.3. The van der Waals surface area contributed by atoms with Crippen LogP contribution in [0.1, 0.15) is 50.6 Å². The van der Waals surface area contributed by atoms with Crippen LogP contribution in [0.15, 0.2) is 65.3 Å². The predicted octanol–water partition coefficient (Wildman–Crippen LogP) is 7.21. The quantitative estimate of drug-likeness (QED) is 0.193. The third-order valence-corrected chi connectivity index (χ3v) is 9.00.